The van der Waals surface area contributed by atoms with E-state index in [1.165, 1.54) is 0 Å². The van der Waals surface area contributed by atoms with E-state index in [0.29, 0.717) is 19.6 Å². The number of hydrogen-bond donors (Lipinski definition) is 2. The highest BCUT2D eigenvalue weighted by atomic mass is 16.2. The number of benzene rings is 2. The second kappa shape index (κ2) is 7.27. The van der Waals surface area contributed by atoms with E-state index in [1.807, 2.05) is 59.5 Å². The molecule has 5 nitrogen and oxygen atoms in total. The Labute approximate surface area is 142 Å². The largest absolute Gasteiger partial charge is 0.384 e. The predicted molar refractivity (Wildman–Crippen MR) is 94.6 cm³/mol. The van der Waals surface area contributed by atoms with Gasteiger partial charge in [-0.1, -0.05) is 48.5 Å². The van der Waals surface area contributed by atoms with Crippen molar-refractivity contribution in [1.82, 2.24) is 9.80 Å². The summed E-state index contributed by atoms with van der Waals surface area (Å²) in [5.74, 6) is 0.230. The highest BCUT2D eigenvalue weighted by molar-refractivity contribution is 5.95. The quantitative estimate of drug-likeness (QED) is 0.651. The van der Waals surface area contributed by atoms with Crippen molar-refractivity contribution in [3.05, 3.63) is 71.3 Å². The summed E-state index contributed by atoms with van der Waals surface area (Å²) in [5, 5.41) is 7.52. The summed E-state index contributed by atoms with van der Waals surface area (Å²) in [7, 11) is 0. The van der Waals surface area contributed by atoms with Gasteiger partial charge in [0.1, 0.15) is 5.84 Å². The van der Waals surface area contributed by atoms with Gasteiger partial charge in [-0.3, -0.25) is 15.1 Å². The number of nitrogens with one attached hydrogen (secondary N) is 1. The Morgan fingerprint density at radius 1 is 1.00 bits per heavy atom. The minimum absolute atomic E-state index is 0.0700. The second-order valence-corrected chi connectivity index (χ2v) is 6.13. The fourth-order valence-corrected chi connectivity index (χ4v) is 2.96. The maximum Gasteiger partial charge on any atom is 0.237 e. The smallest absolute Gasteiger partial charge is 0.237 e. The predicted octanol–water partition coefficient (Wildman–Crippen LogP) is 1.82. The summed E-state index contributed by atoms with van der Waals surface area (Å²) in [5.41, 5.74) is 8.50. The van der Waals surface area contributed by atoms with Crippen LogP contribution < -0.4 is 5.73 Å². The van der Waals surface area contributed by atoms with E-state index in [4.69, 9.17) is 11.1 Å². The Bertz CT molecular complexity index is 729. The van der Waals surface area contributed by atoms with Crippen molar-refractivity contribution in [3.63, 3.8) is 0 Å². The van der Waals surface area contributed by atoms with Gasteiger partial charge in [-0.15, -0.1) is 0 Å². The highest BCUT2D eigenvalue weighted by Gasteiger charge is 2.23. The number of amides is 1. The van der Waals surface area contributed by atoms with Crippen LogP contribution in [0.15, 0.2) is 54.6 Å². The molecule has 1 fully saturated rings. The summed E-state index contributed by atoms with van der Waals surface area (Å²) in [6.45, 7) is 3.39. The maximum atomic E-state index is 12.4. The monoisotopic (exact) mass is 322 g/mol. The maximum absolute atomic E-state index is 12.4. The molecule has 1 amide bonds. The number of amidine groups is 1. The first kappa shape index (κ1) is 16.2. The average molecular weight is 322 g/mol. The van der Waals surface area contributed by atoms with Gasteiger partial charge in [0, 0.05) is 31.7 Å². The number of nitrogens with two attached hydrogens (primary N) is 1. The van der Waals surface area contributed by atoms with Crippen molar-refractivity contribution in [3.8, 4) is 0 Å². The molecule has 1 aliphatic heterocycles. The first-order valence-electron chi connectivity index (χ1n) is 8.09. The van der Waals surface area contributed by atoms with Crippen LogP contribution in [0.25, 0.3) is 0 Å². The third kappa shape index (κ3) is 4.00. The minimum Gasteiger partial charge on any atom is -0.384 e. The molecule has 0 spiro atoms. The van der Waals surface area contributed by atoms with Gasteiger partial charge in [0.05, 0.1) is 6.54 Å². The van der Waals surface area contributed by atoms with Gasteiger partial charge in [-0.2, -0.15) is 0 Å². The Hall–Kier alpha value is -2.66. The van der Waals surface area contributed by atoms with E-state index in [2.05, 4.69) is 4.90 Å². The Balaban J connectivity index is 1.58. The van der Waals surface area contributed by atoms with E-state index >= 15 is 0 Å². The molecule has 1 heterocycles. The molecule has 1 saturated heterocycles. The number of nitrogens with zero attached hydrogens (tertiary/aromatic N) is 2. The molecular weight excluding hydrogens is 300 g/mol. The molecule has 0 unspecified atom stereocenters. The van der Waals surface area contributed by atoms with Gasteiger partial charge in [0.15, 0.2) is 0 Å². The normalized spacial score (nSPS) is 15.5. The molecule has 2 aromatic carbocycles. The summed E-state index contributed by atoms with van der Waals surface area (Å²) >= 11 is 0. The summed E-state index contributed by atoms with van der Waals surface area (Å²) in [6.07, 6.45) is 0. The average Bonchev–Trinajstić information content (AvgIpc) is 2.58. The molecule has 0 atom stereocenters. The molecule has 0 saturated carbocycles. The number of carbonyl (C=O) groups excluding carboxylic acids is 1. The van der Waals surface area contributed by atoms with Crippen molar-refractivity contribution in [2.45, 2.75) is 13.1 Å². The summed E-state index contributed by atoms with van der Waals surface area (Å²) < 4.78 is 0. The minimum atomic E-state index is 0.0700. The zero-order valence-corrected chi connectivity index (χ0v) is 13.6. The Kier molecular flexibility index (Phi) is 4.91. The zero-order chi connectivity index (χ0) is 16.9. The van der Waals surface area contributed by atoms with E-state index in [0.717, 1.165) is 29.8 Å². The van der Waals surface area contributed by atoms with Crippen LogP contribution >= 0.6 is 0 Å². The molecule has 0 aliphatic carbocycles. The van der Waals surface area contributed by atoms with Crippen molar-refractivity contribution in [2.24, 2.45) is 5.73 Å². The van der Waals surface area contributed by atoms with Gasteiger partial charge < -0.3 is 10.6 Å². The third-order valence-corrected chi connectivity index (χ3v) is 4.26. The number of hydrogen-bond acceptors (Lipinski definition) is 3. The van der Waals surface area contributed by atoms with E-state index in [1.54, 1.807) is 0 Å². The molecule has 1 aliphatic rings. The molecule has 3 rings (SSSR count). The van der Waals surface area contributed by atoms with Crippen LogP contribution in [0, 0.1) is 5.41 Å². The van der Waals surface area contributed by atoms with Gasteiger partial charge in [-0.05, 0) is 17.2 Å². The van der Waals surface area contributed by atoms with Crippen LogP contribution in [0.4, 0.5) is 0 Å². The molecule has 2 aromatic rings. The SMILES string of the molecule is N=C(N)c1cccc(CN2CCN(Cc3ccccc3)C(=O)C2)c1. The first-order chi connectivity index (χ1) is 11.6. The molecule has 0 radical (unpaired) electrons. The van der Waals surface area contributed by atoms with Gasteiger partial charge in [0.25, 0.3) is 0 Å². The first-order valence-corrected chi connectivity index (χ1v) is 8.09. The lowest BCUT2D eigenvalue weighted by atomic mass is 10.1. The standard InChI is InChI=1S/C19H22N4O/c20-19(21)17-8-4-7-16(11-17)12-22-9-10-23(18(24)14-22)13-15-5-2-1-3-6-15/h1-8,11H,9-10,12-14H2,(H3,20,21). The number of carbonyl (C=O) groups is 1. The Morgan fingerprint density at radius 2 is 1.75 bits per heavy atom. The van der Waals surface area contributed by atoms with Crippen LogP contribution in [0.3, 0.4) is 0 Å². The number of rotatable bonds is 5. The van der Waals surface area contributed by atoms with Crippen molar-refractivity contribution < 1.29 is 4.79 Å². The topological polar surface area (TPSA) is 73.4 Å². The van der Waals surface area contributed by atoms with Crippen LogP contribution in [0.5, 0.6) is 0 Å². The molecule has 24 heavy (non-hydrogen) atoms. The van der Waals surface area contributed by atoms with E-state index in [9.17, 15) is 4.79 Å². The van der Waals surface area contributed by atoms with E-state index < -0.39 is 0 Å². The van der Waals surface area contributed by atoms with Gasteiger partial charge >= 0.3 is 0 Å². The molecule has 3 N–H and O–H groups in total. The van der Waals surface area contributed by atoms with Crippen LogP contribution in [0.2, 0.25) is 0 Å². The molecule has 124 valence electrons. The van der Waals surface area contributed by atoms with Crippen molar-refractivity contribution >= 4 is 11.7 Å². The van der Waals surface area contributed by atoms with Crippen LogP contribution in [0.1, 0.15) is 16.7 Å². The van der Waals surface area contributed by atoms with Crippen LogP contribution in [-0.4, -0.2) is 41.2 Å². The Morgan fingerprint density at radius 3 is 2.46 bits per heavy atom. The van der Waals surface area contributed by atoms with E-state index in [-0.39, 0.29) is 11.7 Å². The molecule has 0 bridgehead atoms. The van der Waals surface area contributed by atoms with Crippen molar-refractivity contribution in [1.29, 1.82) is 5.41 Å². The lowest BCUT2D eigenvalue weighted by Gasteiger charge is -2.34. The fraction of sp³-hybridized carbons (Fsp3) is 0.263. The lowest BCUT2D eigenvalue weighted by molar-refractivity contribution is -0.136. The molecule has 0 aromatic heterocycles. The molecule has 5 heteroatoms. The molecular formula is C19H22N4O. The number of piperazine rings is 1. The van der Waals surface area contributed by atoms with Crippen molar-refractivity contribution in [2.75, 3.05) is 19.6 Å². The summed E-state index contributed by atoms with van der Waals surface area (Å²) in [6, 6.07) is 17.7. The lowest BCUT2D eigenvalue weighted by Crippen LogP contribution is -2.49. The highest BCUT2D eigenvalue weighted by Crippen LogP contribution is 2.13. The fourth-order valence-electron chi connectivity index (χ4n) is 2.96. The number of nitrogen functional groups attached to an aromatic ring is 1. The van der Waals surface area contributed by atoms with Gasteiger partial charge in [0.2, 0.25) is 5.91 Å². The summed E-state index contributed by atoms with van der Waals surface area (Å²) in [4.78, 5) is 16.5. The third-order valence-electron chi connectivity index (χ3n) is 4.26. The second-order valence-electron chi connectivity index (χ2n) is 6.13. The van der Waals surface area contributed by atoms with Crippen LogP contribution in [-0.2, 0) is 17.9 Å². The van der Waals surface area contributed by atoms with Gasteiger partial charge in [-0.25, -0.2) is 0 Å². The zero-order valence-electron chi connectivity index (χ0n) is 13.6.